The van der Waals surface area contributed by atoms with Crippen molar-refractivity contribution in [2.24, 2.45) is 13.0 Å². The van der Waals surface area contributed by atoms with Gasteiger partial charge in [0.2, 0.25) is 5.91 Å². The van der Waals surface area contributed by atoms with Gasteiger partial charge in [-0.3, -0.25) is 9.48 Å². The molecule has 1 amide bonds. The Morgan fingerprint density at radius 1 is 1.31 bits per heavy atom. The highest BCUT2D eigenvalue weighted by atomic mass is 32.1. The first-order valence-electron chi connectivity index (χ1n) is 8.63. The van der Waals surface area contributed by atoms with Gasteiger partial charge in [-0.25, -0.2) is 4.98 Å². The average molecular weight is 367 g/mol. The Hall–Kier alpha value is -2.51. The lowest BCUT2D eigenvalue weighted by Gasteiger charge is -2.17. The second kappa shape index (κ2) is 7.01. The number of benzene rings is 1. The molecule has 134 valence electrons. The molecule has 1 aromatic carbocycles. The molecule has 26 heavy (non-hydrogen) atoms. The van der Waals surface area contributed by atoms with Gasteiger partial charge in [0.05, 0.1) is 12.1 Å². The van der Waals surface area contributed by atoms with Crippen LogP contribution in [0.25, 0.3) is 10.6 Å². The molecular formula is C19H21N5OS. The zero-order valence-electron chi connectivity index (χ0n) is 14.8. The summed E-state index contributed by atoms with van der Waals surface area (Å²) >= 11 is 1.63. The number of nitrogens with zero attached hydrogens (tertiary/aromatic N) is 3. The highest BCUT2D eigenvalue weighted by molar-refractivity contribution is 7.13. The SMILES string of the molecule is Cc1csc(-c2ccc(NC(=O)[C@H]3CNC[C@@H]3c3cnn(C)c3)cc2)n1. The second-order valence-corrected chi connectivity index (χ2v) is 7.54. The molecule has 0 spiro atoms. The minimum atomic E-state index is -0.0968. The number of carbonyl (C=O) groups excluding carboxylic acids is 1. The Balaban J connectivity index is 1.45. The first-order chi connectivity index (χ1) is 12.6. The van der Waals surface area contributed by atoms with E-state index in [2.05, 4.69) is 20.7 Å². The Morgan fingerprint density at radius 2 is 2.12 bits per heavy atom. The first kappa shape index (κ1) is 16.9. The molecule has 7 heteroatoms. The molecule has 3 heterocycles. The van der Waals surface area contributed by atoms with Crippen LogP contribution in [0.2, 0.25) is 0 Å². The molecule has 0 radical (unpaired) electrons. The summed E-state index contributed by atoms with van der Waals surface area (Å²) in [7, 11) is 1.90. The van der Waals surface area contributed by atoms with Crippen LogP contribution < -0.4 is 10.6 Å². The first-order valence-corrected chi connectivity index (χ1v) is 9.51. The molecule has 1 aliphatic heterocycles. The topological polar surface area (TPSA) is 71.8 Å². The van der Waals surface area contributed by atoms with E-state index in [-0.39, 0.29) is 17.7 Å². The van der Waals surface area contributed by atoms with Crippen LogP contribution in [0.5, 0.6) is 0 Å². The molecule has 0 aliphatic carbocycles. The molecular weight excluding hydrogens is 346 g/mol. The summed E-state index contributed by atoms with van der Waals surface area (Å²) in [4.78, 5) is 17.3. The van der Waals surface area contributed by atoms with E-state index in [1.807, 2.05) is 56.0 Å². The maximum Gasteiger partial charge on any atom is 0.229 e. The van der Waals surface area contributed by atoms with Crippen molar-refractivity contribution < 1.29 is 4.79 Å². The van der Waals surface area contributed by atoms with Crippen molar-refractivity contribution in [3.05, 3.63) is 53.3 Å². The summed E-state index contributed by atoms with van der Waals surface area (Å²) in [6.07, 6.45) is 3.84. The number of carbonyl (C=O) groups is 1. The molecule has 4 rings (SSSR count). The number of thiazole rings is 1. The smallest absolute Gasteiger partial charge is 0.229 e. The van der Waals surface area contributed by atoms with Crippen LogP contribution in [-0.2, 0) is 11.8 Å². The molecule has 0 unspecified atom stereocenters. The summed E-state index contributed by atoms with van der Waals surface area (Å²) in [6.45, 7) is 3.47. The highest BCUT2D eigenvalue weighted by Gasteiger charge is 2.34. The Labute approximate surface area is 156 Å². The fraction of sp³-hybridized carbons (Fsp3) is 0.316. The number of aryl methyl sites for hydroxylation is 2. The minimum Gasteiger partial charge on any atom is -0.326 e. The molecule has 0 saturated carbocycles. The molecule has 1 fully saturated rings. The van der Waals surface area contributed by atoms with Crippen molar-refractivity contribution in [1.82, 2.24) is 20.1 Å². The van der Waals surface area contributed by atoms with Gasteiger partial charge < -0.3 is 10.6 Å². The fourth-order valence-corrected chi connectivity index (χ4v) is 4.16. The predicted molar refractivity (Wildman–Crippen MR) is 103 cm³/mol. The van der Waals surface area contributed by atoms with Crippen molar-refractivity contribution in [3.63, 3.8) is 0 Å². The molecule has 3 aromatic rings. The third-order valence-electron chi connectivity index (χ3n) is 4.72. The van der Waals surface area contributed by atoms with Gasteiger partial charge in [0.15, 0.2) is 0 Å². The van der Waals surface area contributed by atoms with Crippen LogP contribution in [0.3, 0.4) is 0 Å². The van der Waals surface area contributed by atoms with E-state index in [4.69, 9.17) is 0 Å². The van der Waals surface area contributed by atoms with Crippen LogP contribution in [0.15, 0.2) is 42.0 Å². The second-order valence-electron chi connectivity index (χ2n) is 6.68. The molecule has 2 atom stereocenters. The largest absolute Gasteiger partial charge is 0.326 e. The molecule has 2 aromatic heterocycles. The number of amides is 1. The minimum absolute atomic E-state index is 0.0432. The standard InChI is InChI=1S/C19H21N5OS/c1-12-11-26-19(22-12)13-3-5-15(6-4-13)23-18(25)17-9-20-8-16(17)14-7-21-24(2)10-14/h3-7,10-11,16-17,20H,8-9H2,1-2H3,(H,23,25)/t16-,17+/m1/s1. The molecule has 1 aliphatic rings. The third kappa shape index (κ3) is 3.40. The summed E-state index contributed by atoms with van der Waals surface area (Å²) in [6, 6.07) is 7.87. The lowest BCUT2D eigenvalue weighted by Crippen LogP contribution is -2.28. The zero-order chi connectivity index (χ0) is 18.1. The van der Waals surface area contributed by atoms with Gasteiger partial charge in [-0.15, -0.1) is 11.3 Å². The van der Waals surface area contributed by atoms with Crippen LogP contribution in [-0.4, -0.2) is 33.8 Å². The maximum atomic E-state index is 12.8. The molecule has 1 saturated heterocycles. The van der Waals surface area contributed by atoms with E-state index >= 15 is 0 Å². The van der Waals surface area contributed by atoms with Crippen molar-refractivity contribution in [2.75, 3.05) is 18.4 Å². The van der Waals surface area contributed by atoms with Crippen molar-refractivity contribution in [1.29, 1.82) is 0 Å². The van der Waals surface area contributed by atoms with Gasteiger partial charge in [0, 0.05) is 54.6 Å². The highest BCUT2D eigenvalue weighted by Crippen LogP contribution is 2.29. The van der Waals surface area contributed by atoms with E-state index in [0.717, 1.165) is 34.1 Å². The van der Waals surface area contributed by atoms with Gasteiger partial charge in [-0.05, 0) is 36.8 Å². The number of nitrogens with one attached hydrogen (secondary N) is 2. The van der Waals surface area contributed by atoms with Crippen molar-refractivity contribution in [2.45, 2.75) is 12.8 Å². The van der Waals surface area contributed by atoms with Crippen LogP contribution in [0, 0.1) is 12.8 Å². The number of rotatable bonds is 4. The van der Waals surface area contributed by atoms with Crippen molar-refractivity contribution in [3.8, 4) is 10.6 Å². The predicted octanol–water partition coefficient (Wildman–Crippen LogP) is 2.79. The number of anilines is 1. The van der Waals surface area contributed by atoms with E-state index in [1.54, 1.807) is 16.0 Å². The lowest BCUT2D eigenvalue weighted by molar-refractivity contribution is -0.119. The summed E-state index contributed by atoms with van der Waals surface area (Å²) in [5.41, 5.74) is 4.01. The molecule has 6 nitrogen and oxygen atoms in total. The Morgan fingerprint density at radius 3 is 2.77 bits per heavy atom. The van der Waals surface area contributed by atoms with Crippen molar-refractivity contribution >= 4 is 22.9 Å². The summed E-state index contributed by atoms with van der Waals surface area (Å²) < 4.78 is 1.78. The van der Waals surface area contributed by atoms with E-state index in [1.165, 1.54) is 0 Å². The van der Waals surface area contributed by atoms with Crippen LogP contribution in [0.1, 0.15) is 17.2 Å². The van der Waals surface area contributed by atoms with Gasteiger partial charge in [0.25, 0.3) is 0 Å². The maximum absolute atomic E-state index is 12.8. The Kier molecular flexibility index (Phi) is 4.57. The fourth-order valence-electron chi connectivity index (χ4n) is 3.35. The Bertz CT molecular complexity index is 914. The van der Waals surface area contributed by atoms with E-state index < -0.39 is 0 Å². The van der Waals surface area contributed by atoms with E-state index in [0.29, 0.717) is 6.54 Å². The van der Waals surface area contributed by atoms with Gasteiger partial charge >= 0.3 is 0 Å². The molecule has 0 bridgehead atoms. The average Bonchev–Trinajstić information content (AvgIpc) is 3.35. The summed E-state index contributed by atoms with van der Waals surface area (Å²) in [5.74, 6) is 0.100. The van der Waals surface area contributed by atoms with Gasteiger partial charge in [-0.2, -0.15) is 5.10 Å². The quantitative estimate of drug-likeness (QED) is 0.744. The number of hydrogen-bond donors (Lipinski definition) is 2. The van der Waals surface area contributed by atoms with Gasteiger partial charge in [0.1, 0.15) is 5.01 Å². The normalized spacial score (nSPS) is 19.6. The number of aromatic nitrogens is 3. The third-order valence-corrected chi connectivity index (χ3v) is 5.73. The van der Waals surface area contributed by atoms with Crippen LogP contribution >= 0.6 is 11.3 Å². The van der Waals surface area contributed by atoms with E-state index in [9.17, 15) is 4.79 Å². The lowest BCUT2D eigenvalue weighted by atomic mass is 9.90. The molecule has 2 N–H and O–H groups in total. The number of hydrogen-bond acceptors (Lipinski definition) is 5. The zero-order valence-corrected chi connectivity index (χ0v) is 15.6. The van der Waals surface area contributed by atoms with Gasteiger partial charge in [-0.1, -0.05) is 0 Å². The summed E-state index contributed by atoms with van der Waals surface area (Å²) in [5, 5.41) is 13.6. The van der Waals surface area contributed by atoms with Crippen LogP contribution in [0.4, 0.5) is 5.69 Å². The monoisotopic (exact) mass is 367 g/mol.